The maximum absolute atomic E-state index is 11.8. The van der Waals surface area contributed by atoms with Crippen LogP contribution in [-0.2, 0) is 33.3 Å². The van der Waals surface area contributed by atoms with Gasteiger partial charge in [-0.05, 0) is 0 Å². The predicted molar refractivity (Wildman–Crippen MR) is 86.9 cm³/mol. The first-order valence-corrected chi connectivity index (χ1v) is 10.2. The molecule has 126 valence electrons. The number of aromatic amines is 1. The van der Waals surface area contributed by atoms with Crippen molar-refractivity contribution in [3.8, 4) is 0 Å². The van der Waals surface area contributed by atoms with Gasteiger partial charge >= 0.3 is 0 Å². The molecule has 0 aliphatic carbocycles. The zero-order valence-electron chi connectivity index (χ0n) is 11.5. The highest BCUT2D eigenvalue weighted by Crippen LogP contribution is 2.45. The number of aromatic nitrogens is 4. The van der Waals surface area contributed by atoms with Crippen LogP contribution in [0.3, 0.4) is 0 Å². The molecule has 0 spiro atoms. The summed E-state index contributed by atoms with van der Waals surface area (Å²) in [5.74, 6) is -0.0508. The van der Waals surface area contributed by atoms with Crippen LogP contribution in [0.25, 0.3) is 11.2 Å². The summed E-state index contributed by atoms with van der Waals surface area (Å²) >= 11 is 9.40. The molecule has 0 aromatic carbocycles. The van der Waals surface area contributed by atoms with Crippen LogP contribution in [-0.4, -0.2) is 48.3 Å². The monoisotopic (exact) mass is 378 g/mol. The highest BCUT2D eigenvalue weighted by atomic mass is 32.9. The maximum atomic E-state index is 11.8. The summed E-state index contributed by atoms with van der Waals surface area (Å²) in [6, 6.07) is 0. The third-order valence-electron chi connectivity index (χ3n) is 3.39. The topological polar surface area (TPSA) is 149 Å². The lowest BCUT2D eigenvalue weighted by Crippen LogP contribution is -2.26. The Kier molecular flexibility index (Phi) is 4.49. The summed E-state index contributed by atoms with van der Waals surface area (Å²) in [7, 11) is 0. The average molecular weight is 378 g/mol. The molecule has 2 aromatic rings. The lowest BCUT2D eigenvalue weighted by Gasteiger charge is -2.27. The number of imidazole rings is 1. The fraction of sp³-hybridized carbons (Fsp3) is 0.500. The molecule has 5 N–H and O–H groups in total. The molecular formula is C10H13N5O5PS2-. The lowest BCUT2D eigenvalue weighted by atomic mass is 10.2. The van der Waals surface area contributed by atoms with Crippen LogP contribution in [0.15, 0.2) is 11.1 Å². The number of rotatable bonds is 4. The molecule has 0 bridgehead atoms. The van der Waals surface area contributed by atoms with E-state index in [1.807, 2.05) is 0 Å². The number of nitrogens with two attached hydrogens (primary N) is 1. The van der Waals surface area contributed by atoms with Gasteiger partial charge in [0.1, 0.15) is 12.3 Å². The second-order valence-corrected chi connectivity index (χ2v) is 9.75. The van der Waals surface area contributed by atoms with E-state index in [1.165, 1.54) is 10.9 Å². The standard InChI is InChI=1S/C10H14N5O5PS2/c11-10-13-8-7(9(17)14-10)12-3-15(8)6-1-4(5(2-16)19-6)20-21(18,22)23/h3-6,16H,1-2H2,(H2,18,22,23)(H3,11,13,14,17)/p-1/t4-,5+,6+/m0/s1. The molecule has 1 fully saturated rings. The van der Waals surface area contributed by atoms with Crippen molar-refractivity contribution in [2.75, 3.05) is 12.3 Å². The second kappa shape index (κ2) is 6.13. The van der Waals surface area contributed by atoms with Gasteiger partial charge in [-0.15, -0.1) is 0 Å². The van der Waals surface area contributed by atoms with Crippen molar-refractivity contribution in [3.05, 3.63) is 16.7 Å². The molecule has 0 saturated carbocycles. The highest BCUT2D eigenvalue weighted by Gasteiger charge is 2.38. The first-order chi connectivity index (χ1) is 10.8. The fourth-order valence-electron chi connectivity index (χ4n) is 2.47. The van der Waals surface area contributed by atoms with Gasteiger partial charge in [0, 0.05) is 6.42 Å². The normalized spacial score (nSPS) is 27.3. The Morgan fingerprint density at radius 3 is 3.09 bits per heavy atom. The molecule has 1 saturated heterocycles. The Bertz CT molecular complexity index is 835. The van der Waals surface area contributed by atoms with Crippen molar-refractivity contribution >= 4 is 46.9 Å². The zero-order chi connectivity index (χ0) is 16.8. The molecule has 0 radical (unpaired) electrons. The van der Waals surface area contributed by atoms with Crippen LogP contribution >= 0.6 is 5.69 Å². The molecule has 10 nitrogen and oxygen atoms in total. The summed E-state index contributed by atoms with van der Waals surface area (Å²) < 4.78 is 12.4. The molecule has 1 aliphatic heterocycles. The smallest absolute Gasteiger partial charge is 0.280 e. The number of nitrogens with one attached hydrogen (secondary N) is 1. The molecule has 13 heteroatoms. The van der Waals surface area contributed by atoms with Gasteiger partial charge in [0.05, 0.1) is 24.7 Å². The van der Waals surface area contributed by atoms with E-state index >= 15 is 0 Å². The number of anilines is 1. The van der Waals surface area contributed by atoms with Crippen LogP contribution in [0.2, 0.25) is 0 Å². The van der Waals surface area contributed by atoms with Crippen molar-refractivity contribution in [2.45, 2.75) is 24.9 Å². The number of hydrogen-bond acceptors (Lipinski definition) is 9. The Hall–Kier alpha value is -1.01. The largest absolute Gasteiger partial charge is 0.692 e. The summed E-state index contributed by atoms with van der Waals surface area (Å²) in [4.78, 5) is 31.7. The van der Waals surface area contributed by atoms with Crippen molar-refractivity contribution in [2.24, 2.45) is 0 Å². The van der Waals surface area contributed by atoms with Crippen molar-refractivity contribution in [3.63, 3.8) is 0 Å². The van der Waals surface area contributed by atoms with E-state index in [4.69, 9.17) is 39.0 Å². The number of nitrogen functional groups attached to an aromatic ring is 1. The van der Waals surface area contributed by atoms with E-state index in [1.54, 1.807) is 0 Å². The van der Waals surface area contributed by atoms with Gasteiger partial charge in [-0.25, -0.2) is 4.98 Å². The number of aliphatic hydroxyl groups is 1. The van der Waals surface area contributed by atoms with Gasteiger partial charge in [0.15, 0.2) is 11.2 Å². The Morgan fingerprint density at radius 1 is 1.70 bits per heavy atom. The quantitative estimate of drug-likeness (QED) is 0.391. The zero-order valence-corrected chi connectivity index (χ0v) is 14.1. The molecule has 3 heterocycles. The number of H-pyrrole nitrogens is 1. The summed E-state index contributed by atoms with van der Waals surface area (Å²) in [5, 5.41) is 9.39. The summed E-state index contributed by atoms with van der Waals surface area (Å²) in [5.41, 5.74) is 2.12. The van der Waals surface area contributed by atoms with Crippen LogP contribution in [0, 0.1) is 0 Å². The fourth-order valence-corrected chi connectivity index (χ4v) is 3.70. The third-order valence-corrected chi connectivity index (χ3v) is 4.44. The number of ether oxygens (including phenoxy) is 1. The SMILES string of the molecule is Nc1nc2c(ncn2[C@H]2C[C@H](OP(O)(=S)[S-])[C@@H](CO)O2)c(=O)[nH]1. The average Bonchev–Trinajstić information content (AvgIpc) is 3.00. The van der Waals surface area contributed by atoms with E-state index < -0.39 is 29.7 Å². The van der Waals surface area contributed by atoms with Gasteiger partial charge in [0.2, 0.25) is 5.95 Å². The van der Waals surface area contributed by atoms with E-state index in [0.717, 1.165) is 0 Å². The van der Waals surface area contributed by atoms with Crippen LogP contribution < -0.4 is 11.3 Å². The minimum Gasteiger partial charge on any atom is -0.692 e. The Balaban J connectivity index is 1.94. The lowest BCUT2D eigenvalue weighted by molar-refractivity contribution is -0.0386. The van der Waals surface area contributed by atoms with Crippen molar-refractivity contribution in [1.29, 1.82) is 0 Å². The van der Waals surface area contributed by atoms with Gasteiger partial charge < -0.3 is 37.2 Å². The van der Waals surface area contributed by atoms with Crippen LogP contribution in [0.1, 0.15) is 12.6 Å². The number of fused-ring (bicyclic) bond motifs is 1. The van der Waals surface area contributed by atoms with Crippen LogP contribution in [0.4, 0.5) is 5.95 Å². The van der Waals surface area contributed by atoms with E-state index in [9.17, 15) is 14.8 Å². The first kappa shape index (κ1) is 16.8. The van der Waals surface area contributed by atoms with E-state index in [2.05, 4.69) is 15.0 Å². The molecular weight excluding hydrogens is 365 g/mol. The molecule has 1 unspecified atom stereocenters. The number of aliphatic hydroxyl groups excluding tert-OH is 1. The van der Waals surface area contributed by atoms with E-state index in [-0.39, 0.29) is 30.1 Å². The molecule has 23 heavy (non-hydrogen) atoms. The first-order valence-electron chi connectivity index (χ1n) is 6.49. The highest BCUT2D eigenvalue weighted by molar-refractivity contribution is 8.51. The van der Waals surface area contributed by atoms with Crippen molar-refractivity contribution in [1.82, 2.24) is 19.5 Å². The minimum atomic E-state index is -3.32. The van der Waals surface area contributed by atoms with Gasteiger partial charge in [-0.2, -0.15) is 4.98 Å². The predicted octanol–water partition coefficient (Wildman–Crippen LogP) is -0.870. The Labute approximate surface area is 140 Å². The van der Waals surface area contributed by atoms with Crippen molar-refractivity contribution < 1.29 is 19.3 Å². The summed E-state index contributed by atoms with van der Waals surface area (Å²) in [6.07, 6.45) is -0.367. The number of nitrogens with zero attached hydrogens (tertiary/aromatic N) is 3. The van der Waals surface area contributed by atoms with Gasteiger partial charge in [-0.1, -0.05) is 11.8 Å². The number of hydrogen-bond donors (Lipinski definition) is 4. The molecule has 3 rings (SSSR count). The van der Waals surface area contributed by atoms with Gasteiger partial charge in [-0.3, -0.25) is 14.3 Å². The molecule has 1 aliphatic rings. The summed E-state index contributed by atoms with van der Waals surface area (Å²) in [6.45, 7) is -0.339. The minimum absolute atomic E-state index is 0.0508. The molecule has 0 amide bonds. The molecule has 2 aromatic heterocycles. The van der Waals surface area contributed by atoms with Crippen LogP contribution in [0.5, 0.6) is 0 Å². The van der Waals surface area contributed by atoms with Gasteiger partial charge in [0.25, 0.3) is 5.56 Å². The maximum Gasteiger partial charge on any atom is 0.280 e. The molecule has 4 atom stereocenters. The van der Waals surface area contributed by atoms with E-state index in [0.29, 0.717) is 0 Å². The second-order valence-electron chi connectivity index (χ2n) is 4.94. The third kappa shape index (κ3) is 3.43. The Morgan fingerprint density at radius 2 is 2.43 bits per heavy atom.